The maximum absolute atomic E-state index is 11.9. The molecule has 372 valence electrons. The summed E-state index contributed by atoms with van der Waals surface area (Å²) < 4.78 is 38.0. The van der Waals surface area contributed by atoms with Gasteiger partial charge in [0.2, 0.25) is 34.5 Å². The molecule has 10 rings (SSSR count). The SMILES string of the molecule is COc1cc(-n2cnc(Nc3nc(Cl)nc4ccsc34)c2)cc(OC)c1OC.COc1cc(-n2cnc(Nc3nc(N4CCC[C@@H]4C(N)=O)nc4ccsc34)c2)cc(OC)c1OC.NC(=O)[C@H]1CCCN1. The topological polar surface area (TPSA) is 268 Å². The Labute approximate surface area is 420 Å². The Kier molecular flexibility index (Phi) is 15.7. The number of ether oxygens (including phenoxy) is 6. The highest BCUT2D eigenvalue weighted by Gasteiger charge is 2.32. The van der Waals surface area contributed by atoms with Crippen LogP contribution in [0.1, 0.15) is 25.7 Å². The van der Waals surface area contributed by atoms with E-state index in [0.29, 0.717) is 76.7 Å². The standard InChI is InChI=1S/C23H25N7O4S.C18H16ClN5O3S.C5H10N2O/c1-32-16-9-13(10-17(33-2)19(16)34-3)29-11-18(25-12-29)27-22-20-14(6-8-35-20)26-23(28-22)30-7-4-5-15(30)21(24)31;1-25-12-6-10(7-13(26-2)15(12)27-3)24-8-14(20-9-24)22-17-16-11(4-5-28-16)21-18(19)23-17;6-5(8)4-2-1-3-7-4/h6,8-12,15H,4-5,7H2,1-3H3,(H2,24,31)(H,26,27,28);4-9H,1-3H3,(H,21,22,23);4,7H,1-3H2,(H2,6,8)/t15-;;4-/m1.1/s1. The van der Waals surface area contributed by atoms with Gasteiger partial charge in [0.1, 0.15) is 30.3 Å². The van der Waals surface area contributed by atoms with E-state index in [1.54, 1.807) is 55.3 Å². The Balaban J connectivity index is 0.000000167. The molecule has 8 heterocycles. The summed E-state index contributed by atoms with van der Waals surface area (Å²) in [7, 11) is 9.43. The molecule has 0 saturated carbocycles. The van der Waals surface area contributed by atoms with Gasteiger partial charge in [-0.1, -0.05) is 0 Å². The lowest BCUT2D eigenvalue weighted by atomic mass is 10.2. The highest BCUT2D eigenvalue weighted by Crippen LogP contribution is 2.41. The Morgan fingerprint density at radius 3 is 1.62 bits per heavy atom. The fourth-order valence-corrected chi connectivity index (χ4v) is 9.67. The monoisotopic (exact) mass is 1030 g/mol. The Hall–Kier alpha value is -7.67. The van der Waals surface area contributed by atoms with E-state index in [-0.39, 0.29) is 23.1 Å². The number of amides is 2. The minimum Gasteiger partial charge on any atom is -0.493 e. The van der Waals surface area contributed by atoms with Gasteiger partial charge in [0.05, 0.1) is 92.9 Å². The molecule has 7 N–H and O–H groups in total. The van der Waals surface area contributed by atoms with Gasteiger partial charge >= 0.3 is 0 Å². The number of halogens is 1. The molecule has 2 aromatic carbocycles. The number of anilines is 5. The van der Waals surface area contributed by atoms with E-state index >= 15 is 0 Å². The molecule has 2 amide bonds. The molecule has 0 aliphatic carbocycles. The highest BCUT2D eigenvalue weighted by molar-refractivity contribution is 7.18. The summed E-state index contributed by atoms with van der Waals surface area (Å²) in [6.07, 6.45) is 10.6. The molecule has 0 unspecified atom stereocenters. The summed E-state index contributed by atoms with van der Waals surface area (Å²) in [6.45, 7) is 1.62. The number of thiophene rings is 2. The molecular weight excluding hydrogens is 976 g/mol. The molecule has 2 saturated heterocycles. The molecule has 71 heavy (non-hydrogen) atoms. The maximum atomic E-state index is 11.9. The van der Waals surface area contributed by atoms with E-state index in [1.807, 2.05) is 73.6 Å². The van der Waals surface area contributed by atoms with Crippen LogP contribution in [0.5, 0.6) is 34.5 Å². The average Bonchev–Trinajstić information content (AvgIpc) is 4.24. The van der Waals surface area contributed by atoms with Crippen LogP contribution in [0.4, 0.5) is 29.2 Å². The summed E-state index contributed by atoms with van der Waals surface area (Å²) in [5.41, 5.74) is 13.8. The van der Waals surface area contributed by atoms with Crippen LogP contribution in [-0.4, -0.2) is 119 Å². The van der Waals surface area contributed by atoms with Gasteiger partial charge in [0, 0.05) is 30.8 Å². The van der Waals surface area contributed by atoms with Gasteiger partial charge in [0.25, 0.3) is 0 Å². The molecular formula is C46H51ClN14O8S2. The Bertz CT molecular complexity index is 3110. The van der Waals surface area contributed by atoms with Crippen molar-refractivity contribution in [3.05, 3.63) is 77.5 Å². The smallest absolute Gasteiger partial charge is 0.240 e. The number of nitrogens with one attached hydrogen (secondary N) is 3. The maximum Gasteiger partial charge on any atom is 0.240 e. The first-order valence-electron chi connectivity index (χ1n) is 21.9. The molecule has 2 aliphatic heterocycles. The predicted molar refractivity (Wildman–Crippen MR) is 273 cm³/mol. The van der Waals surface area contributed by atoms with Gasteiger partial charge in [-0.25, -0.2) is 19.9 Å². The van der Waals surface area contributed by atoms with E-state index in [0.717, 1.165) is 57.6 Å². The van der Waals surface area contributed by atoms with Crippen LogP contribution in [-0.2, 0) is 9.59 Å². The zero-order valence-electron chi connectivity index (χ0n) is 39.5. The molecule has 6 aromatic heterocycles. The third-order valence-corrected chi connectivity index (χ3v) is 13.4. The van der Waals surface area contributed by atoms with Crippen LogP contribution in [0.2, 0.25) is 5.28 Å². The number of rotatable bonds is 15. The number of nitrogens with zero attached hydrogens (tertiary/aromatic N) is 9. The molecule has 2 aliphatic rings. The summed E-state index contributed by atoms with van der Waals surface area (Å²) in [6, 6.07) is 10.7. The number of carbonyl (C=O) groups excluding carboxylic acids is 2. The van der Waals surface area contributed by atoms with Crippen LogP contribution >= 0.6 is 34.3 Å². The minimum atomic E-state index is -0.404. The van der Waals surface area contributed by atoms with Crippen LogP contribution in [0.15, 0.2) is 72.2 Å². The van der Waals surface area contributed by atoms with Crippen molar-refractivity contribution in [1.29, 1.82) is 0 Å². The second kappa shape index (κ2) is 22.4. The lowest BCUT2D eigenvalue weighted by Crippen LogP contribution is -2.41. The van der Waals surface area contributed by atoms with Gasteiger partial charge in [-0.15, -0.1) is 22.7 Å². The van der Waals surface area contributed by atoms with Crippen LogP contribution < -0.4 is 60.7 Å². The van der Waals surface area contributed by atoms with Crippen molar-refractivity contribution in [3.63, 3.8) is 0 Å². The summed E-state index contributed by atoms with van der Waals surface area (Å²) >= 11 is 9.08. The van der Waals surface area contributed by atoms with E-state index in [4.69, 9.17) is 56.5 Å². The molecule has 8 aromatic rings. The number of methoxy groups -OCH3 is 6. The predicted octanol–water partition coefficient (Wildman–Crippen LogP) is 6.62. The number of aromatic nitrogens is 8. The first kappa shape index (κ1) is 49.7. The number of hydrogen-bond donors (Lipinski definition) is 5. The summed E-state index contributed by atoms with van der Waals surface area (Å²) in [5.74, 6) is 5.56. The van der Waals surface area contributed by atoms with E-state index in [1.165, 1.54) is 22.7 Å². The molecule has 0 radical (unpaired) electrons. The van der Waals surface area contributed by atoms with Gasteiger partial charge in [-0.3, -0.25) is 9.59 Å². The van der Waals surface area contributed by atoms with Gasteiger partial charge in [-0.2, -0.15) is 9.97 Å². The van der Waals surface area contributed by atoms with E-state index in [9.17, 15) is 9.59 Å². The molecule has 0 spiro atoms. The Morgan fingerprint density at radius 1 is 0.676 bits per heavy atom. The number of fused-ring (bicyclic) bond motifs is 2. The number of hydrogen-bond acceptors (Lipinski definition) is 20. The number of imidazole rings is 2. The minimum absolute atomic E-state index is 0.0463. The zero-order valence-corrected chi connectivity index (χ0v) is 41.9. The van der Waals surface area contributed by atoms with Crippen molar-refractivity contribution in [3.8, 4) is 45.9 Å². The largest absolute Gasteiger partial charge is 0.493 e. The van der Waals surface area contributed by atoms with Gasteiger partial charge in [-0.05, 0) is 66.7 Å². The second-order valence-electron chi connectivity index (χ2n) is 15.6. The molecule has 2 fully saturated rings. The number of benzene rings is 2. The van der Waals surface area contributed by atoms with Crippen molar-refractivity contribution in [2.24, 2.45) is 11.5 Å². The molecule has 22 nitrogen and oxygen atoms in total. The molecule has 2 atom stereocenters. The number of carbonyl (C=O) groups is 2. The lowest BCUT2D eigenvalue weighted by molar-refractivity contribution is -0.120. The zero-order chi connectivity index (χ0) is 50.2. The van der Waals surface area contributed by atoms with Gasteiger partial charge in [0.15, 0.2) is 34.6 Å². The quantitative estimate of drug-likeness (QED) is 0.0675. The Morgan fingerprint density at radius 2 is 1.18 bits per heavy atom. The third kappa shape index (κ3) is 11.0. The van der Waals surface area contributed by atoms with Gasteiger partial charge < -0.3 is 69.9 Å². The number of nitrogens with two attached hydrogens (primary N) is 2. The van der Waals surface area contributed by atoms with Crippen molar-refractivity contribution >= 4 is 95.7 Å². The average molecular weight is 1030 g/mol. The van der Waals surface area contributed by atoms with Crippen molar-refractivity contribution in [2.45, 2.75) is 37.8 Å². The third-order valence-electron chi connectivity index (χ3n) is 11.4. The van der Waals surface area contributed by atoms with Crippen molar-refractivity contribution in [2.75, 3.05) is 71.3 Å². The normalized spacial score (nSPS) is 15.1. The second-order valence-corrected chi connectivity index (χ2v) is 17.8. The van der Waals surface area contributed by atoms with Crippen molar-refractivity contribution in [1.82, 2.24) is 44.4 Å². The van der Waals surface area contributed by atoms with E-state index in [2.05, 4.69) is 40.9 Å². The fourth-order valence-electron chi connectivity index (χ4n) is 7.95. The van der Waals surface area contributed by atoms with Crippen LogP contribution in [0, 0.1) is 0 Å². The van der Waals surface area contributed by atoms with Crippen molar-refractivity contribution < 1.29 is 38.0 Å². The summed E-state index contributed by atoms with van der Waals surface area (Å²) in [4.78, 5) is 50.9. The fraction of sp³-hybridized carbons (Fsp3) is 0.304. The van der Waals surface area contributed by atoms with Crippen LogP contribution in [0.25, 0.3) is 31.8 Å². The highest BCUT2D eigenvalue weighted by atomic mass is 35.5. The van der Waals surface area contributed by atoms with E-state index < -0.39 is 6.04 Å². The molecule has 25 heteroatoms. The first-order chi connectivity index (χ1) is 34.4. The first-order valence-corrected chi connectivity index (χ1v) is 24.1. The van der Waals surface area contributed by atoms with Crippen LogP contribution in [0.3, 0.4) is 0 Å². The number of primary amides is 2. The molecule has 0 bridgehead atoms. The summed E-state index contributed by atoms with van der Waals surface area (Å²) in [5, 5.41) is 13.6. The lowest BCUT2D eigenvalue weighted by Gasteiger charge is -2.22.